The highest BCUT2D eigenvalue weighted by atomic mass is 16.5. The maximum absolute atomic E-state index is 12.2. The molecule has 0 aliphatic heterocycles. The quantitative estimate of drug-likeness (QED) is 0.309. The highest BCUT2D eigenvalue weighted by Gasteiger charge is 2.10. The molecule has 0 atom stereocenters. The second-order valence-corrected chi connectivity index (χ2v) is 6.02. The summed E-state index contributed by atoms with van der Waals surface area (Å²) in [5, 5.41) is 13.1. The lowest BCUT2D eigenvalue weighted by Crippen LogP contribution is -2.17. The Hall–Kier alpha value is -3.93. The minimum Gasteiger partial charge on any atom is -0.508 e. The summed E-state index contributed by atoms with van der Waals surface area (Å²) in [4.78, 5) is 24.1. The monoisotopic (exact) mass is 374 g/mol. The van der Waals surface area contributed by atoms with Crippen molar-refractivity contribution in [3.8, 4) is 11.5 Å². The molecule has 6 nitrogen and oxygen atoms in total. The molecule has 0 saturated heterocycles. The normalized spacial score (nSPS) is 10.6. The summed E-state index contributed by atoms with van der Waals surface area (Å²) in [6.45, 7) is 1.85. The fraction of sp³-hybridized carbons (Fsp3) is 0.0455. The molecule has 0 heterocycles. The van der Waals surface area contributed by atoms with Crippen LogP contribution in [-0.2, 0) is 0 Å². The van der Waals surface area contributed by atoms with Gasteiger partial charge in [-0.25, -0.2) is 10.2 Å². The molecule has 0 aliphatic carbocycles. The van der Waals surface area contributed by atoms with E-state index >= 15 is 0 Å². The van der Waals surface area contributed by atoms with Gasteiger partial charge in [-0.05, 0) is 72.6 Å². The number of ether oxygens (including phenoxy) is 1. The number of benzene rings is 3. The van der Waals surface area contributed by atoms with E-state index in [9.17, 15) is 14.7 Å². The number of hydrogen-bond donors (Lipinski definition) is 2. The molecular weight excluding hydrogens is 356 g/mol. The van der Waals surface area contributed by atoms with Crippen molar-refractivity contribution in [3.05, 3.63) is 95.1 Å². The van der Waals surface area contributed by atoms with E-state index in [1.54, 1.807) is 36.4 Å². The van der Waals surface area contributed by atoms with Crippen molar-refractivity contribution in [2.24, 2.45) is 5.10 Å². The summed E-state index contributed by atoms with van der Waals surface area (Å²) in [5.74, 6) is -0.303. The van der Waals surface area contributed by atoms with Gasteiger partial charge in [0.15, 0.2) is 0 Å². The van der Waals surface area contributed by atoms with Crippen molar-refractivity contribution in [3.63, 3.8) is 0 Å². The van der Waals surface area contributed by atoms with Gasteiger partial charge in [0, 0.05) is 5.56 Å². The van der Waals surface area contributed by atoms with Crippen LogP contribution >= 0.6 is 0 Å². The number of carbonyl (C=O) groups is 2. The molecule has 6 heteroatoms. The van der Waals surface area contributed by atoms with Crippen LogP contribution in [0, 0.1) is 6.92 Å². The second kappa shape index (κ2) is 8.64. The van der Waals surface area contributed by atoms with Gasteiger partial charge in [-0.1, -0.05) is 18.2 Å². The van der Waals surface area contributed by atoms with Crippen molar-refractivity contribution in [1.82, 2.24) is 5.43 Å². The number of rotatable bonds is 5. The molecule has 140 valence electrons. The smallest absolute Gasteiger partial charge is 0.343 e. The summed E-state index contributed by atoms with van der Waals surface area (Å²) in [6.07, 6.45) is 1.48. The van der Waals surface area contributed by atoms with Crippen LogP contribution in [0.25, 0.3) is 0 Å². The number of amides is 1. The SMILES string of the molecule is Cc1ccccc1C(=O)Oc1ccc(/C=N/NC(=O)c2ccc(O)cc2)cc1. The Morgan fingerprint density at radius 3 is 2.32 bits per heavy atom. The topological polar surface area (TPSA) is 88.0 Å². The highest BCUT2D eigenvalue weighted by Crippen LogP contribution is 2.15. The van der Waals surface area contributed by atoms with Gasteiger partial charge >= 0.3 is 5.97 Å². The lowest BCUT2D eigenvalue weighted by molar-refractivity contribution is 0.0733. The van der Waals surface area contributed by atoms with E-state index in [-0.39, 0.29) is 11.7 Å². The molecule has 3 aromatic rings. The number of hydrazone groups is 1. The van der Waals surface area contributed by atoms with Crippen LogP contribution < -0.4 is 10.2 Å². The van der Waals surface area contributed by atoms with Gasteiger partial charge in [-0.15, -0.1) is 0 Å². The molecule has 0 aliphatic rings. The van der Waals surface area contributed by atoms with Crippen LogP contribution in [0.4, 0.5) is 0 Å². The fourth-order valence-electron chi connectivity index (χ4n) is 2.43. The Bertz CT molecular complexity index is 1010. The summed E-state index contributed by atoms with van der Waals surface area (Å²) < 4.78 is 5.37. The third-order valence-electron chi connectivity index (χ3n) is 3.96. The van der Waals surface area contributed by atoms with Gasteiger partial charge in [0.2, 0.25) is 0 Å². The van der Waals surface area contributed by atoms with Crippen LogP contribution in [0.3, 0.4) is 0 Å². The van der Waals surface area contributed by atoms with Crippen LogP contribution in [0.2, 0.25) is 0 Å². The van der Waals surface area contributed by atoms with Crippen molar-refractivity contribution in [2.75, 3.05) is 0 Å². The Morgan fingerprint density at radius 2 is 1.64 bits per heavy atom. The predicted molar refractivity (Wildman–Crippen MR) is 106 cm³/mol. The number of phenols is 1. The fourth-order valence-corrected chi connectivity index (χ4v) is 2.43. The van der Waals surface area contributed by atoms with E-state index in [2.05, 4.69) is 10.5 Å². The van der Waals surface area contributed by atoms with E-state index in [0.717, 1.165) is 11.1 Å². The Morgan fingerprint density at radius 1 is 0.964 bits per heavy atom. The first-order chi connectivity index (χ1) is 13.5. The van der Waals surface area contributed by atoms with Gasteiger partial charge in [0.05, 0.1) is 11.8 Å². The van der Waals surface area contributed by atoms with Crippen LogP contribution in [-0.4, -0.2) is 23.2 Å². The Balaban J connectivity index is 1.57. The summed E-state index contributed by atoms with van der Waals surface area (Å²) in [6, 6.07) is 19.8. The Labute approximate surface area is 162 Å². The molecule has 0 unspecified atom stereocenters. The molecule has 0 aromatic heterocycles. The number of carbonyl (C=O) groups excluding carboxylic acids is 2. The molecule has 1 amide bonds. The summed E-state index contributed by atoms with van der Waals surface area (Å²) in [7, 11) is 0. The van der Waals surface area contributed by atoms with Crippen molar-refractivity contribution >= 4 is 18.1 Å². The van der Waals surface area contributed by atoms with Gasteiger partial charge in [-0.3, -0.25) is 4.79 Å². The first-order valence-electron chi connectivity index (χ1n) is 8.53. The molecule has 0 radical (unpaired) electrons. The molecule has 3 aromatic carbocycles. The minimum absolute atomic E-state index is 0.0864. The standard InChI is InChI=1S/C22H18N2O4/c1-15-4-2-3-5-20(15)22(27)28-19-12-6-16(7-13-19)14-23-24-21(26)17-8-10-18(25)11-9-17/h2-14,25H,1H3,(H,24,26)/b23-14+. The number of esters is 1. The van der Waals surface area contributed by atoms with E-state index in [4.69, 9.17) is 4.74 Å². The summed E-state index contributed by atoms with van der Waals surface area (Å²) >= 11 is 0. The second-order valence-electron chi connectivity index (χ2n) is 6.02. The van der Waals surface area contributed by atoms with Gasteiger partial charge in [0.1, 0.15) is 11.5 Å². The number of hydrogen-bond acceptors (Lipinski definition) is 5. The van der Waals surface area contributed by atoms with Crippen molar-refractivity contribution in [1.29, 1.82) is 0 Å². The zero-order valence-electron chi connectivity index (χ0n) is 15.1. The third kappa shape index (κ3) is 4.82. The average Bonchev–Trinajstić information content (AvgIpc) is 2.70. The third-order valence-corrected chi connectivity index (χ3v) is 3.96. The zero-order valence-corrected chi connectivity index (χ0v) is 15.1. The van der Waals surface area contributed by atoms with E-state index in [1.807, 2.05) is 19.1 Å². The number of aromatic hydroxyl groups is 1. The van der Waals surface area contributed by atoms with Gasteiger partial charge in [0.25, 0.3) is 5.91 Å². The average molecular weight is 374 g/mol. The van der Waals surface area contributed by atoms with Gasteiger partial charge in [-0.2, -0.15) is 5.10 Å². The lowest BCUT2D eigenvalue weighted by atomic mass is 10.1. The number of nitrogens with one attached hydrogen (secondary N) is 1. The van der Waals surface area contributed by atoms with Crippen LogP contribution in [0.15, 0.2) is 77.9 Å². The summed E-state index contributed by atoms with van der Waals surface area (Å²) in [5.41, 5.74) is 4.88. The van der Waals surface area contributed by atoms with Crippen LogP contribution in [0.1, 0.15) is 31.8 Å². The first-order valence-corrected chi connectivity index (χ1v) is 8.53. The maximum atomic E-state index is 12.2. The lowest BCUT2D eigenvalue weighted by Gasteiger charge is -2.06. The maximum Gasteiger partial charge on any atom is 0.343 e. The van der Waals surface area contributed by atoms with Crippen molar-refractivity contribution in [2.45, 2.75) is 6.92 Å². The molecule has 28 heavy (non-hydrogen) atoms. The first kappa shape index (κ1) is 18.8. The molecule has 0 fully saturated rings. The minimum atomic E-state index is -0.416. The number of aryl methyl sites for hydroxylation is 1. The number of phenolic OH excluding ortho intramolecular Hbond substituents is 1. The predicted octanol–water partition coefficient (Wildman–Crippen LogP) is 3.68. The molecular formula is C22H18N2O4. The van der Waals surface area contributed by atoms with Gasteiger partial charge < -0.3 is 9.84 Å². The number of nitrogens with zero attached hydrogens (tertiary/aromatic N) is 1. The van der Waals surface area contributed by atoms with E-state index < -0.39 is 5.97 Å². The van der Waals surface area contributed by atoms with Crippen molar-refractivity contribution < 1.29 is 19.4 Å². The zero-order chi connectivity index (χ0) is 19.9. The molecule has 3 rings (SSSR count). The largest absolute Gasteiger partial charge is 0.508 e. The molecule has 0 saturated carbocycles. The van der Waals surface area contributed by atoms with E-state index in [0.29, 0.717) is 16.9 Å². The molecule has 2 N–H and O–H groups in total. The molecule has 0 bridgehead atoms. The highest BCUT2D eigenvalue weighted by molar-refractivity contribution is 5.95. The van der Waals surface area contributed by atoms with E-state index in [1.165, 1.54) is 30.5 Å². The van der Waals surface area contributed by atoms with Crippen LogP contribution in [0.5, 0.6) is 11.5 Å². The molecule has 0 spiro atoms. The Kier molecular flexibility index (Phi) is 5.81.